The first-order valence-corrected chi connectivity index (χ1v) is 15.3. The van der Waals surface area contributed by atoms with Crippen molar-refractivity contribution in [1.29, 1.82) is 0 Å². The number of carboxylic acid groups (broad SMARTS) is 1. The standard InChI is InChI=1S/C37H35ClN2O5/c1-25-33(36(41)42)34(29-15-8-16-30(38)22-29)35(32(40-25)24-44-20-17-26-10-9-19-39-23-26)37(43)45-21-18-31(27-11-4-2-5-12-27)28-13-6-3-7-14-28/h2-16,19,22-23,31,33-34H,17-18,20-21,24H2,1H3,(H,41,42). The first kappa shape index (κ1) is 31.8. The highest BCUT2D eigenvalue weighted by molar-refractivity contribution is 6.30. The fourth-order valence-corrected chi connectivity index (χ4v) is 6.01. The number of carbonyl (C=O) groups excluding carboxylic acids is 1. The largest absolute Gasteiger partial charge is 0.481 e. The molecule has 0 saturated carbocycles. The van der Waals surface area contributed by atoms with Gasteiger partial charge in [0.1, 0.15) is 5.92 Å². The van der Waals surface area contributed by atoms with Gasteiger partial charge in [-0.2, -0.15) is 0 Å². The second-order valence-corrected chi connectivity index (χ2v) is 11.4. The zero-order valence-electron chi connectivity index (χ0n) is 25.0. The summed E-state index contributed by atoms with van der Waals surface area (Å²) in [5.74, 6) is -3.63. The molecule has 0 spiro atoms. The van der Waals surface area contributed by atoms with Crippen molar-refractivity contribution >= 4 is 29.3 Å². The molecule has 7 nitrogen and oxygen atoms in total. The van der Waals surface area contributed by atoms with Crippen molar-refractivity contribution in [3.8, 4) is 0 Å². The molecule has 2 unspecified atom stereocenters. The zero-order valence-corrected chi connectivity index (χ0v) is 25.8. The highest BCUT2D eigenvalue weighted by Gasteiger charge is 2.42. The van der Waals surface area contributed by atoms with E-state index in [2.05, 4.69) is 34.2 Å². The van der Waals surface area contributed by atoms with Crippen LogP contribution in [0, 0.1) is 5.92 Å². The van der Waals surface area contributed by atoms with Crippen LogP contribution in [0.5, 0.6) is 0 Å². The molecule has 5 rings (SSSR count). The van der Waals surface area contributed by atoms with Crippen molar-refractivity contribution in [2.45, 2.75) is 31.6 Å². The lowest BCUT2D eigenvalue weighted by molar-refractivity contribution is -0.141. The van der Waals surface area contributed by atoms with Crippen LogP contribution in [0.4, 0.5) is 0 Å². The Balaban J connectivity index is 1.43. The van der Waals surface area contributed by atoms with Gasteiger partial charge < -0.3 is 14.6 Å². The molecule has 45 heavy (non-hydrogen) atoms. The van der Waals surface area contributed by atoms with Gasteiger partial charge in [0, 0.05) is 35.0 Å². The van der Waals surface area contributed by atoms with Crippen LogP contribution in [0.25, 0.3) is 0 Å². The predicted octanol–water partition coefficient (Wildman–Crippen LogP) is 7.27. The fraction of sp³-hybridized carbons (Fsp3) is 0.243. The maximum atomic E-state index is 14.0. The second kappa shape index (κ2) is 15.4. The molecule has 1 aliphatic rings. The van der Waals surface area contributed by atoms with E-state index in [1.54, 1.807) is 43.6 Å². The summed E-state index contributed by atoms with van der Waals surface area (Å²) in [5, 5.41) is 10.7. The molecule has 0 saturated heterocycles. The van der Waals surface area contributed by atoms with E-state index in [1.165, 1.54) is 0 Å². The van der Waals surface area contributed by atoms with Crippen molar-refractivity contribution in [3.05, 3.63) is 148 Å². The molecule has 0 fully saturated rings. The van der Waals surface area contributed by atoms with Gasteiger partial charge in [0.05, 0.1) is 31.1 Å². The Morgan fingerprint density at radius 3 is 2.24 bits per heavy atom. The molecule has 0 bridgehead atoms. The van der Waals surface area contributed by atoms with Crippen molar-refractivity contribution in [2.75, 3.05) is 19.8 Å². The number of hydrogen-bond donors (Lipinski definition) is 1. The van der Waals surface area contributed by atoms with Crippen molar-refractivity contribution in [1.82, 2.24) is 4.98 Å². The number of aromatic nitrogens is 1. The lowest BCUT2D eigenvalue weighted by Crippen LogP contribution is -2.36. The van der Waals surface area contributed by atoms with Crippen LogP contribution >= 0.6 is 11.6 Å². The number of aliphatic carboxylic acids is 1. The van der Waals surface area contributed by atoms with Gasteiger partial charge in [-0.3, -0.25) is 14.8 Å². The van der Waals surface area contributed by atoms with Gasteiger partial charge in [-0.05, 0) is 60.2 Å². The Labute approximate surface area is 268 Å². The van der Waals surface area contributed by atoms with Crippen LogP contribution < -0.4 is 0 Å². The van der Waals surface area contributed by atoms with Crippen molar-refractivity contribution in [3.63, 3.8) is 0 Å². The number of aliphatic imine (C=N–C) groups is 1. The van der Waals surface area contributed by atoms with Gasteiger partial charge in [0.15, 0.2) is 0 Å². The quantitative estimate of drug-likeness (QED) is 0.124. The number of esters is 1. The van der Waals surface area contributed by atoms with Gasteiger partial charge in [0.25, 0.3) is 0 Å². The molecule has 2 atom stereocenters. The average Bonchev–Trinajstić information content (AvgIpc) is 3.05. The van der Waals surface area contributed by atoms with E-state index in [0.29, 0.717) is 41.4 Å². The number of pyridine rings is 1. The van der Waals surface area contributed by atoms with Gasteiger partial charge in [-0.25, -0.2) is 4.79 Å². The third-order valence-corrected chi connectivity index (χ3v) is 8.19. The number of carbonyl (C=O) groups is 2. The minimum atomic E-state index is -1.09. The normalized spacial score (nSPS) is 16.4. The SMILES string of the molecule is CC1=NC(COCCc2cccnc2)=C(C(=O)OCCC(c2ccccc2)c2ccccc2)C(c2cccc(Cl)c2)C1C(=O)O. The van der Waals surface area contributed by atoms with E-state index in [0.717, 1.165) is 16.7 Å². The van der Waals surface area contributed by atoms with Crippen LogP contribution in [0.3, 0.4) is 0 Å². The highest BCUT2D eigenvalue weighted by Crippen LogP contribution is 2.41. The smallest absolute Gasteiger partial charge is 0.336 e. The maximum absolute atomic E-state index is 14.0. The summed E-state index contributed by atoms with van der Waals surface area (Å²) in [7, 11) is 0. The van der Waals surface area contributed by atoms with Crippen LogP contribution in [0.1, 0.15) is 47.4 Å². The molecule has 0 aliphatic carbocycles. The predicted molar refractivity (Wildman–Crippen MR) is 175 cm³/mol. The van der Waals surface area contributed by atoms with Crippen LogP contribution in [-0.2, 0) is 25.5 Å². The number of benzene rings is 3. The lowest BCUT2D eigenvalue weighted by Gasteiger charge is -2.31. The molecule has 3 aromatic carbocycles. The monoisotopic (exact) mass is 622 g/mol. The zero-order chi connectivity index (χ0) is 31.6. The number of nitrogens with zero attached hydrogens (tertiary/aromatic N) is 2. The number of carboxylic acids is 1. The Morgan fingerprint density at radius 2 is 1.62 bits per heavy atom. The first-order valence-electron chi connectivity index (χ1n) is 14.9. The van der Waals surface area contributed by atoms with E-state index in [9.17, 15) is 14.7 Å². The summed E-state index contributed by atoms with van der Waals surface area (Å²) in [6, 6.07) is 30.9. The van der Waals surface area contributed by atoms with E-state index in [1.807, 2.05) is 48.5 Å². The minimum absolute atomic E-state index is 0.00609. The van der Waals surface area contributed by atoms with E-state index in [4.69, 9.17) is 21.1 Å². The van der Waals surface area contributed by atoms with Crippen molar-refractivity contribution < 1.29 is 24.2 Å². The molecule has 0 radical (unpaired) electrons. The number of hydrogen-bond acceptors (Lipinski definition) is 6. The van der Waals surface area contributed by atoms with E-state index in [-0.39, 0.29) is 24.7 Å². The molecule has 1 aromatic heterocycles. The summed E-state index contributed by atoms with van der Waals surface area (Å²) in [4.78, 5) is 35.4. The summed E-state index contributed by atoms with van der Waals surface area (Å²) in [5.41, 5.74) is 4.74. The Bertz CT molecular complexity index is 1620. The summed E-state index contributed by atoms with van der Waals surface area (Å²) in [6.45, 7) is 2.17. The highest BCUT2D eigenvalue weighted by atomic mass is 35.5. The minimum Gasteiger partial charge on any atom is -0.481 e. The summed E-state index contributed by atoms with van der Waals surface area (Å²) >= 11 is 6.35. The van der Waals surface area contributed by atoms with Gasteiger partial charge in [0.2, 0.25) is 0 Å². The molecule has 4 aromatic rings. The Kier molecular flexibility index (Phi) is 10.9. The maximum Gasteiger partial charge on any atom is 0.336 e. The Morgan fingerprint density at radius 1 is 0.911 bits per heavy atom. The van der Waals surface area contributed by atoms with Gasteiger partial charge in [-0.15, -0.1) is 0 Å². The third-order valence-electron chi connectivity index (χ3n) is 7.95. The number of halogens is 1. The molecule has 2 heterocycles. The second-order valence-electron chi connectivity index (χ2n) is 10.9. The van der Waals surface area contributed by atoms with E-state index < -0.39 is 23.8 Å². The summed E-state index contributed by atoms with van der Waals surface area (Å²) < 4.78 is 11.9. The molecular formula is C37H35ClN2O5. The fourth-order valence-electron chi connectivity index (χ4n) is 5.81. The lowest BCUT2D eigenvalue weighted by atomic mass is 9.75. The molecule has 230 valence electrons. The topological polar surface area (TPSA) is 98.1 Å². The third kappa shape index (κ3) is 8.12. The molecule has 1 aliphatic heterocycles. The molecule has 8 heteroatoms. The molecular weight excluding hydrogens is 588 g/mol. The molecule has 0 amide bonds. The van der Waals surface area contributed by atoms with E-state index >= 15 is 0 Å². The number of rotatable bonds is 13. The van der Waals surface area contributed by atoms with Crippen LogP contribution in [0.2, 0.25) is 5.02 Å². The first-order chi connectivity index (χ1) is 21.9. The van der Waals surface area contributed by atoms with Gasteiger partial charge in [-0.1, -0.05) is 90.5 Å². The van der Waals surface area contributed by atoms with Crippen LogP contribution in [0.15, 0.2) is 126 Å². The van der Waals surface area contributed by atoms with Crippen molar-refractivity contribution in [2.24, 2.45) is 10.9 Å². The summed E-state index contributed by atoms with van der Waals surface area (Å²) in [6.07, 6.45) is 4.65. The molecule has 1 N–H and O–H groups in total. The van der Waals surface area contributed by atoms with Gasteiger partial charge >= 0.3 is 11.9 Å². The Hall–Kier alpha value is -4.59. The average molecular weight is 623 g/mol. The number of ether oxygens (including phenoxy) is 2. The van der Waals surface area contributed by atoms with Crippen LogP contribution in [-0.4, -0.2) is 47.6 Å².